The van der Waals surface area contributed by atoms with Gasteiger partial charge in [-0.15, -0.1) is 0 Å². The fourth-order valence-electron chi connectivity index (χ4n) is 20.8. The Morgan fingerprint density at radius 2 is 0.396 bits per heavy atom. The van der Waals surface area contributed by atoms with E-state index in [0.717, 1.165) is 82.5 Å². The molecular formula is C131H92O3. The first-order valence-electron chi connectivity index (χ1n) is 48.0. The number of furan rings is 3. The molecule has 0 amide bonds. The summed E-state index contributed by atoms with van der Waals surface area (Å²) in [6.07, 6.45) is 0. The summed E-state index contributed by atoms with van der Waals surface area (Å²) in [5.41, 5.74) is 29.8. The smallest absolute Gasteiger partial charge is 0.143 e. The van der Waals surface area contributed by atoms with E-state index in [2.05, 4.69) is 473 Å². The molecule has 3 heteroatoms. The fraction of sp³-hybridized carbons (Fsp3) is 0.0229. The Kier molecular flexibility index (Phi) is 20.4. The SMILES string of the molecule is [2H]C.[2H]C.[2H]C.c1ccc(-c2c3ccccc3c(-c3ccc4oc5ccccc5c4c3)c3ccccc23)cc1.c1ccc(-c2ccc3c(-c4c5ccccc5c(-c5ccc6oc7ccc(-c8ccccc8)cc7c6c5)c5ccccc45)cccc3c2)cc1.c1ccc(-c2ccc3ccc(-c4c5ccccc5c(-c5cccc6c5oc5c(-c7ccccc7)cccc56)c5ccccc45)cc3c2)cc1. The van der Waals surface area contributed by atoms with Crippen LogP contribution >= 0.6 is 0 Å². The second-order valence-corrected chi connectivity index (χ2v) is 34.2. The lowest BCUT2D eigenvalue weighted by molar-refractivity contribution is 0.668. The standard InChI is InChI=1S/2C48H30O.C32H20O.3CH4/c1-3-13-31(14-4-1)34-27-25-32-26-28-35(30-36(32)29-34)45-38-17-7-9-19-40(38)46(41-20-10-8-18-39(41)45)44-24-12-23-43-42-22-11-21-37(47(42)49-48(43)44)33-15-5-2-6-16-33;1-3-12-31(13-4-1)33-22-25-37-35(28-33)16-11-21-38(37)48-41-19-9-7-17-39(41)47(40-18-8-10-20-42(40)48)36-24-27-46-44(30-36)43-29-34(23-26-45(43)49-46)32-14-5-2-6-15-32;1-2-10-21(11-3-1)31-24-13-4-6-15-26(24)32(27-16-7-5-14-25(27)31)22-18-19-30-28(20-22)23-12-8-9-17-29(23)33-30;;;/h2*1-30H;1-20H;3*1H4/i;;;3*1D. The van der Waals surface area contributed by atoms with Crippen LogP contribution in [0.5, 0.6) is 0 Å². The van der Waals surface area contributed by atoms with Crippen molar-refractivity contribution in [1.82, 2.24) is 0 Å². The minimum absolute atomic E-state index is 0.903. The molecule has 3 heterocycles. The molecule has 24 aromatic carbocycles. The molecule has 0 radical (unpaired) electrons. The van der Waals surface area contributed by atoms with Crippen LogP contribution < -0.4 is 0 Å². The molecule has 0 aliphatic rings. The number of para-hydroxylation sites is 3. The van der Waals surface area contributed by atoms with Crippen molar-refractivity contribution in [2.24, 2.45) is 0 Å². The Labute approximate surface area is 782 Å². The lowest BCUT2D eigenvalue weighted by atomic mass is 9.84. The molecule has 0 aliphatic carbocycles. The Morgan fingerprint density at radius 3 is 0.843 bits per heavy atom. The highest BCUT2D eigenvalue weighted by atomic mass is 16.3. The molecule has 134 heavy (non-hydrogen) atoms. The van der Waals surface area contributed by atoms with E-state index in [4.69, 9.17) is 17.4 Å². The van der Waals surface area contributed by atoms with Crippen LogP contribution in [0.2, 0.25) is 0 Å². The van der Waals surface area contributed by atoms with Gasteiger partial charge in [0.2, 0.25) is 0 Å². The lowest BCUT2D eigenvalue weighted by Gasteiger charge is -2.19. The molecule has 0 saturated carbocycles. The van der Waals surface area contributed by atoms with E-state index in [1.807, 2.05) is 12.1 Å². The zero-order chi connectivity index (χ0) is 92.4. The van der Waals surface area contributed by atoms with E-state index in [1.54, 1.807) is 0 Å². The minimum atomic E-state index is 0.903. The van der Waals surface area contributed by atoms with Crippen LogP contribution in [0.4, 0.5) is 0 Å². The van der Waals surface area contributed by atoms with Crippen molar-refractivity contribution >= 4 is 152 Å². The molecule has 0 spiro atoms. The first-order chi connectivity index (χ1) is 68.0. The van der Waals surface area contributed by atoms with Crippen molar-refractivity contribution in [3.8, 4) is 111 Å². The summed E-state index contributed by atoms with van der Waals surface area (Å²) >= 11 is 0. The predicted molar refractivity (Wildman–Crippen MR) is 576 cm³/mol. The molecule has 3 aromatic heterocycles. The number of benzene rings is 24. The highest BCUT2D eigenvalue weighted by Gasteiger charge is 2.26. The molecule has 0 fully saturated rings. The van der Waals surface area contributed by atoms with E-state index in [9.17, 15) is 0 Å². The van der Waals surface area contributed by atoms with Crippen LogP contribution in [0.15, 0.2) is 499 Å². The zero-order valence-corrected chi connectivity index (χ0v) is 74.4. The monoisotopic (exact) mass is 1720 g/mol. The maximum atomic E-state index is 6.93. The first kappa shape index (κ1) is 79.0. The van der Waals surface area contributed by atoms with Crippen molar-refractivity contribution in [3.63, 3.8) is 0 Å². The first-order valence-corrected chi connectivity index (χ1v) is 45.0. The average Bonchev–Trinajstić information content (AvgIpc) is 1.71. The molecule has 0 aliphatic heterocycles. The van der Waals surface area contributed by atoms with Gasteiger partial charge in [-0.25, -0.2) is 0 Å². The fourth-order valence-corrected chi connectivity index (χ4v) is 20.8. The topological polar surface area (TPSA) is 39.4 Å². The maximum Gasteiger partial charge on any atom is 0.143 e. The highest BCUT2D eigenvalue weighted by Crippen LogP contribution is 2.52. The van der Waals surface area contributed by atoms with Crippen LogP contribution in [0.1, 0.15) is 26.3 Å². The summed E-state index contributed by atoms with van der Waals surface area (Å²) in [7, 11) is 3.75. The number of hydrogen-bond acceptors (Lipinski definition) is 3. The summed E-state index contributed by atoms with van der Waals surface area (Å²) < 4.78 is 36.6. The summed E-state index contributed by atoms with van der Waals surface area (Å²) in [4.78, 5) is 0. The van der Waals surface area contributed by atoms with Gasteiger partial charge in [-0.05, 0) is 241 Å². The molecule has 0 saturated heterocycles. The van der Waals surface area contributed by atoms with Crippen LogP contribution in [0.3, 0.4) is 0 Å². The highest BCUT2D eigenvalue weighted by molar-refractivity contribution is 6.28. The largest absolute Gasteiger partial charge is 0.456 e. The van der Waals surface area contributed by atoms with Crippen LogP contribution in [0.25, 0.3) is 263 Å². The average molecular weight is 1720 g/mol. The van der Waals surface area contributed by atoms with E-state index >= 15 is 0 Å². The second kappa shape index (κ2) is 34.6. The van der Waals surface area contributed by atoms with E-state index < -0.39 is 0 Å². The third kappa shape index (κ3) is 14.2. The van der Waals surface area contributed by atoms with Crippen LogP contribution in [0, 0.1) is 0 Å². The van der Waals surface area contributed by atoms with Gasteiger partial charge in [0.15, 0.2) is 0 Å². The van der Waals surface area contributed by atoms with Gasteiger partial charge in [-0.1, -0.05) is 447 Å². The number of fused-ring (bicyclic) bond motifs is 17. The van der Waals surface area contributed by atoms with E-state index in [1.165, 1.54) is 203 Å². The van der Waals surface area contributed by atoms with Crippen molar-refractivity contribution < 1.29 is 17.4 Å². The van der Waals surface area contributed by atoms with Gasteiger partial charge in [-0.2, -0.15) is 0 Å². The summed E-state index contributed by atoms with van der Waals surface area (Å²) in [6.45, 7) is 0. The molecule has 0 bridgehead atoms. The molecule has 27 rings (SSSR count). The summed E-state index contributed by atoms with van der Waals surface area (Å²) in [5.74, 6) is 0. The third-order valence-corrected chi connectivity index (χ3v) is 26.8. The summed E-state index contributed by atoms with van der Waals surface area (Å²) in [6, 6.07) is 175. The molecule has 0 N–H and O–H groups in total. The van der Waals surface area contributed by atoms with Gasteiger partial charge >= 0.3 is 0 Å². The molecule has 0 atom stereocenters. The summed E-state index contributed by atoms with van der Waals surface area (Å²) in [5, 5.41) is 26.8. The molecular weight excluding hydrogens is 1620 g/mol. The maximum absolute atomic E-state index is 6.93. The molecule has 3 nitrogen and oxygen atoms in total. The molecule has 634 valence electrons. The third-order valence-electron chi connectivity index (χ3n) is 26.8. The Morgan fingerprint density at radius 1 is 0.127 bits per heavy atom. The number of rotatable bonds is 10. The van der Waals surface area contributed by atoms with Crippen molar-refractivity contribution in [1.29, 1.82) is 0 Å². The van der Waals surface area contributed by atoms with E-state index in [0.29, 0.717) is 0 Å². The zero-order valence-electron chi connectivity index (χ0n) is 77.4. The normalized spacial score (nSPS) is 11.6. The van der Waals surface area contributed by atoms with Gasteiger partial charge in [0.1, 0.15) is 33.5 Å². The minimum Gasteiger partial charge on any atom is -0.456 e. The van der Waals surface area contributed by atoms with Gasteiger partial charge in [0, 0.05) is 53.1 Å². The molecule has 27 aromatic rings. The Hall–Kier alpha value is -17.2. The van der Waals surface area contributed by atoms with Crippen molar-refractivity contribution in [3.05, 3.63) is 485 Å². The van der Waals surface area contributed by atoms with E-state index in [-0.39, 0.29) is 0 Å². The van der Waals surface area contributed by atoms with Gasteiger partial charge < -0.3 is 13.3 Å². The molecule has 0 unspecified atom stereocenters. The second-order valence-electron chi connectivity index (χ2n) is 34.2. The van der Waals surface area contributed by atoms with Gasteiger partial charge in [0.25, 0.3) is 0 Å². The number of hydrogen-bond donors (Lipinski definition) is 0. The van der Waals surface area contributed by atoms with Crippen molar-refractivity contribution in [2.75, 3.05) is 0 Å². The Balaban J connectivity index is 0.000000118. The van der Waals surface area contributed by atoms with Crippen LogP contribution in [-0.2, 0) is 0 Å². The van der Waals surface area contributed by atoms with Crippen molar-refractivity contribution in [2.45, 2.75) is 22.2 Å². The Bertz CT molecular complexity index is 9050. The lowest BCUT2D eigenvalue weighted by Crippen LogP contribution is -1.91. The predicted octanol–water partition coefficient (Wildman–Crippen LogP) is 38.6. The van der Waals surface area contributed by atoms with Gasteiger partial charge in [-0.3, -0.25) is 0 Å². The quantitative estimate of drug-likeness (QED) is 0.128. The van der Waals surface area contributed by atoms with Crippen LogP contribution in [-0.4, -0.2) is 0 Å². The van der Waals surface area contributed by atoms with Gasteiger partial charge in [0.05, 0.1) is 0 Å².